The van der Waals surface area contributed by atoms with Crippen LogP contribution in [0.3, 0.4) is 0 Å². The number of Topliss-reactive ketones (excluding diaryl/α,β-unsaturated/α-hetero) is 1. The molecule has 0 saturated heterocycles. The monoisotopic (exact) mass is 266 g/mol. The first-order valence-corrected chi connectivity index (χ1v) is 5.74. The molecule has 0 N–H and O–H groups in total. The molecule has 0 amide bonds. The Kier molecular flexibility index (Phi) is 5.53. The first-order chi connectivity index (χ1) is 9.08. The molecule has 1 rings (SSSR count). The minimum atomic E-state index is -0.915. The van der Waals surface area contributed by atoms with Crippen molar-refractivity contribution in [3.8, 4) is 5.75 Å². The summed E-state index contributed by atoms with van der Waals surface area (Å²) in [4.78, 5) is 33.8. The van der Waals surface area contributed by atoms with Crippen molar-refractivity contribution < 1.29 is 28.6 Å². The summed E-state index contributed by atoms with van der Waals surface area (Å²) in [7, 11) is 0. The quantitative estimate of drug-likeness (QED) is 0.351. The van der Waals surface area contributed by atoms with Crippen LogP contribution in [-0.2, 0) is 14.3 Å². The Morgan fingerprint density at radius 2 is 1.53 bits per heavy atom. The predicted octanol–water partition coefficient (Wildman–Crippen LogP) is 1.97. The number of ketones is 1. The highest BCUT2D eigenvalue weighted by molar-refractivity contribution is 6.40. The zero-order valence-corrected chi connectivity index (χ0v) is 10.7. The summed E-state index contributed by atoms with van der Waals surface area (Å²) in [6.45, 7) is 3.61. The lowest BCUT2D eigenvalue weighted by atomic mass is 10.1. The number of rotatable bonds is 5. The molecule has 0 heterocycles. The Morgan fingerprint density at radius 3 is 2.05 bits per heavy atom. The van der Waals surface area contributed by atoms with Gasteiger partial charge in [-0.05, 0) is 38.1 Å². The molecule has 0 aromatic heterocycles. The van der Waals surface area contributed by atoms with E-state index in [1.807, 2.05) is 0 Å². The van der Waals surface area contributed by atoms with Crippen molar-refractivity contribution >= 4 is 17.9 Å². The van der Waals surface area contributed by atoms with Gasteiger partial charge in [0.15, 0.2) is 0 Å². The molecule has 0 aliphatic rings. The summed E-state index contributed by atoms with van der Waals surface area (Å²) in [5.41, 5.74) is 0.162. The van der Waals surface area contributed by atoms with Crippen molar-refractivity contribution in [2.45, 2.75) is 13.8 Å². The van der Waals surface area contributed by atoms with Crippen molar-refractivity contribution in [2.24, 2.45) is 0 Å². The average Bonchev–Trinajstić information content (AvgIpc) is 2.39. The molecule has 0 bridgehead atoms. The van der Waals surface area contributed by atoms with Crippen molar-refractivity contribution in [3.63, 3.8) is 0 Å². The summed E-state index contributed by atoms with van der Waals surface area (Å²) in [5.74, 6) is -1.44. The normalized spacial score (nSPS) is 9.58. The van der Waals surface area contributed by atoms with Gasteiger partial charge in [0, 0.05) is 5.56 Å². The summed E-state index contributed by atoms with van der Waals surface area (Å²) < 4.78 is 14.0. The summed E-state index contributed by atoms with van der Waals surface area (Å²) in [6, 6.07) is 5.52. The van der Waals surface area contributed by atoms with Gasteiger partial charge in [0.05, 0.1) is 13.2 Å². The fraction of sp³-hybridized carbons (Fsp3) is 0.308. The third kappa shape index (κ3) is 4.42. The standard InChI is InChI=1S/C13H14O6/c1-3-17-12(15)11(14)9-5-7-10(8-6-9)19-13(16)18-4-2/h5-8H,3-4H2,1-2H3. The first kappa shape index (κ1) is 14.7. The molecule has 0 radical (unpaired) electrons. The predicted molar refractivity (Wildman–Crippen MR) is 65.1 cm³/mol. The van der Waals surface area contributed by atoms with Gasteiger partial charge >= 0.3 is 12.1 Å². The van der Waals surface area contributed by atoms with Gasteiger partial charge < -0.3 is 14.2 Å². The van der Waals surface area contributed by atoms with Gasteiger partial charge in [0.2, 0.25) is 0 Å². The molecule has 0 spiro atoms. The van der Waals surface area contributed by atoms with E-state index in [0.717, 1.165) is 0 Å². The Balaban J connectivity index is 2.68. The van der Waals surface area contributed by atoms with E-state index in [1.54, 1.807) is 13.8 Å². The number of ether oxygens (including phenoxy) is 3. The van der Waals surface area contributed by atoms with E-state index in [4.69, 9.17) is 4.74 Å². The van der Waals surface area contributed by atoms with Crippen LogP contribution in [-0.4, -0.2) is 31.1 Å². The lowest BCUT2D eigenvalue weighted by Crippen LogP contribution is -2.17. The fourth-order valence-corrected chi connectivity index (χ4v) is 1.23. The van der Waals surface area contributed by atoms with E-state index >= 15 is 0 Å². The van der Waals surface area contributed by atoms with Crippen LogP contribution < -0.4 is 4.74 Å². The van der Waals surface area contributed by atoms with Crippen LogP contribution >= 0.6 is 0 Å². The van der Waals surface area contributed by atoms with Gasteiger partial charge in [0.1, 0.15) is 5.75 Å². The second kappa shape index (κ2) is 7.15. The van der Waals surface area contributed by atoms with Crippen molar-refractivity contribution in [3.05, 3.63) is 29.8 Å². The van der Waals surface area contributed by atoms with Gasteiger partial charge in [-0.15, -0.1) is 0 Å². The van der Waals surface area contributed by atoms with Crippen LogP contribution in [0.2, 0.25) is 0 Å². The average molecular weight is 266 g/mol. The van der Waals surface area contributed by atoms with E-state index in [-0.39, 0.29) is 24.5 Å². The largest absolute Gasteiger partial charge is 0.513 e. The fourth-order valence-electron chi connectivity index (χ4n) is 1.23. The summed E-state index contributed by atoms with van der Waals surface area (Å²) in [5, 5.41) is 0. The highest BCUT2D eigenvalue weighted by Crippen LogP contribution is 2.13. The van der Waals surface area contributed by atoms with Gasteiger partial charge in [-0.2, -0.15) is 0 Å². The van der Waals surface area contributed by atoms with Crippen molar-refractivity contribution in [1.82, 2.24) is 0 Å². The number of carbonyl (C=O) groups is 3. The van der Waals surface area contributed by atoms with Gasteiger partial charge in [-0.1, -0.05) is 0 Å². The second-order valence-electron chi connectivity index (χ2n) is 3.36. The zero-order chi connectivity index (χ0) is 14.3. The molecule has 6 nitrogen and oxygen atoms in total. The Bertz CT molecular complexity index is 463. The molecule has 102 valence electrons. The molecule has 19 heavy (non-hydrogen) atoms. The van der Waals surface area contributed by atoms with E-state index in [0.29, 0.717) is 0 Å². The van der Waals surface area contributed by atoms with Crippen LogP contribution in [0.25, 0.3) is 0 Å². The molecule has 1 aromatic rings. The Morgan fingerprint density at radius 1 is 0.947 bits per heavy atom. The molecule has 0 unspecified atom stereocenters. The smallest absolute Gasteiger partial charge is 0.460 e. The zero-order valence-electron chi connectivity index (χ0n) is 10.7. The lowest BCUT2D eigenvalue weighted by Gasteiger charge is -2.05. The van der Waals surface area contributed by atoms with E-state index in [9.17, 15) is 14.4 Å². The second-order valence-corrected chi connectivity index (χ2v) is 3.36. The molecule has 0 aliphatic heterocycles. The van der Waals surface area contributed by atoms with Crippen LogP contribution in [0.5, 0.6) is 5.75 Å². The number of carbonyl (C=O) groups excluding carboxylic acids is 3. The topological polar surface area (TPSA) is 78.9 Å². The van der Waals surface area contributed by atoms with Crippen molar-refractivity contribution in [1.29, 1.82) is 0 Å². The van der Waals surface area contributed by atoms with Gasteiger partial charge in [-0.3, -0.25) is 4.79 Å². The van der Waals surface area contributed by atoms with Crippen LogP contribution in [0.15, 0.2) is 24.3 Å². The first-order valence-electron chi connectivity index (χ1n) is 5.74. The van der Waals surface area contributed by atoms with Gasteiger partial charge in [-0.25, -0.2) is 9.59 Å². The van der Waals surface area contributed by atoms with E-state index < -0.39 is 17.9 Å². The summed E-state index contributed by atoms with van der Waals surface area (Å²) in [6.07, 6.45) is -0.827. The molecule has 1 aromatic carbocycles. The Hall–Kier alpha value is -2.37. The highest BCUT2D eigenvalue weighted by atomic mass is 16.7. The molecule has 0 saturated carbocycles. The molecular formula is C13H14O6. The maximum atomic E-state index is 11.6. The van der Waals surface area contributed by atoms with Gasteiger partial charge in [0.25, 0.3) is 5.78 Å². The molecule has 6 heteroatoms. The minimum Gasteiger partial charge on any atom is -0.460 e. The number of benzene rings is 1. The van der Waals surface area contributed by atoms with Crippen molar-refractivity contribution in [2.75, 3.05) is 13.2 Å². The Labute approximate surface area is 110 Å². The lowest BCUT2D eigenvalue weighted by molar-refractivity contribution is -0.137. The minimum absolute atomic E-state index is 0.134. The molecule has 0 fully saturated rings. The molecule has 0 aliphatic carbocycles. The van der Waals surface area contributed by atoms with Crippen LogP contribution in [0.4, 0.5) is 4.79 Å². The highest BCUT2D eigenvalue weighted by Gasteiger charge is 2.17. The van der Waals surface area contributed by atoms with E-state index in [2.05, 4.69) is 9.47 Å². The van der Waals surface area contributed by atoms with E-state index in [1.165, 1.54) is 24.3 Å². The molecular weight excluding hydrogens is 252 g/mol. The maximum absolute atomic E-state index is 11.6. The number of hydrogen-bond acceptors (Lipinski definition) is 6. The number of esters is 1. The summed E-state index contributed by atoms with van der Waals surface area (Å²) >= 11 is 0. The maximum Gasteiger partial charge on any atom is 0.513 e. The van der Waals surface area contributed by atoms with Crippen LogP contribution in [0.1, 0.15) is 24.2 Å². The van der Waals surface area contributed by atoms with Crippen LogP contribution in [0, 0.1) is 0 Å². The SMILES string of the molecule is CCOC(=O)Oc1ccc(C(=O)C(=O)OCC)cc1. The third-order valence-electron chi connectivity index (χ3n) is 2.04. The third-order valence-corrected chi connectivity index (χ3v) is 2.04. The molecule has 0 atom stereocenters. The number of hydrogen-bond donors (Lipinski definition) is 0.